The Morgan fingerprint density at radius 3 is 2.83 bits per heavy atom. The van der Waals surface area contributed by atoms with Gasteiger partial charge in [0.1, 0.15) is 0 Å². The lowest BCUT2D eigenvalue weighted by atomic mass is 10.1. The summed E-state index contributed by atoms with van der Waals surface area (Å²) in [7, 11) is 2.02. The predicted octanol–water partition coefficient (Wildman–Crippen LogP) is 2.05. The van der Waals surface area contributed by atoms with E-state index in [0.717, 1.165) is 37.0 Å². The van der Waals surface area contributed by atoms with E-state index >= 15 is 0 Å². The van der Waals surface area contributed by atoms with Crippen molar-refractivity contribution in [1.29, 1.82) is 0 Å². The van der Waals surface area contributed by atoms with Crippen molar-refractivity contribution < 1.29 is 9.47 Å². The first-order valence-corrected chi connectivity index (χ1v) is 8.26. The number of benzene rings is 1. The van der Waals surface area contributed by atoms with Crippen LogP contribution in [0.4, 0.5) is 0 Å². The lowest BCUT2D eigenvalue weighted by molar-refractivity contribution is 0.174. The summed E-state index contributed by atoms with van der Waals surface area (Å²) in [6, 6.07) is 8.16. The molecule has 1 aliphatic rings. The Morgan fingerprint density at radius 1 is 1.17 bits per heavy atom. The minimum atomic E-state index is 0.313. The third-order valence-electron chi connectivity index (χ3n) is 3.80. The van der Waals surface area contributed by atoms with Gasteiger partial charge in [-0.05, 0) is 42.7 Å². The smallest absolute Gasteiger partial charge is 0.231 e. The molecule has 128 valence electrons. The second-order valence-electron chi connectivity index (χ2n) is 5.74. The summed E-state index contributed by atoms with van der Waals surface area (Å²) < 4.78 is 12.8. The molecule has 24 heavy (non-hydrogen) atoms. The predicted molar refractivity (Wildman–Crippen MR) is 94.5 cm³/mol. The molecule has 0 saturated heterocycles. The fourth-order valence-corrected chi connectivity index (χ4v) is 2.59. The van der Waals surface area contributed by atoms with Crippen LogP contribution in [-0.4, -0.2) is 30.4 Å². The highest BCUT2D eigenvalue weighted by atomic mass is 16.7. The fourth-order valence-electron chi connectivity index (χ4n) is 2.59. The number of rotatable bonds is 6. The zero-order valence-corrected chi connectivity index (χ0v) is 14.2. The maximum atomic E-state index is 5.41. The normalized spacial score (nSPS) is 13.2. The number of hydrogen-bond acceptors (Lipinski definition) is 3. The van der Waals surface area contributed by atoms with Crippen LogP contribution in [0.15, 0.2) is 41.7 Å². The van der Waals surface area contributed by atoms with Crippen LogP contribution in [0.3, 0.4) is 0 Å². The van der Waals surface area contributed by atoms with Gasteiger partial charge in [0.15, 0.2) is 17.5 Å². The second kappa shape index (κ2) is 7.77. The monoisotopic (exact) mass is 328 g/mol. The molecule has 2 N–H and O–H groups in total. The Labute approximate surface area is 142 Å². The number of aliphatic imine (C=N–C) groups is 1. The highest BCUT2D eigenvalue weighted by molar-refractivity contribution is 5.79. The lowest BCUT2D eigenvalue weighted by Gasteiger charge is -2.11. The van der Waals surface area contributed by atoms with Crippen LogP contribution in [0.25, 0.3) is 0 Å². The van der Waals surface area contributed by atoms with Crippen molar-refractivity contribution in [2.75, 3.05) is 19.9 Å². The van der Waals surface area contributed by atoms with Crippen LogP contribution in [0, 0.1) is 0 Å². The van der Waals surface area contributed by atoms with Crippen LogP contribution in [0.2, 0.25) is 0 Å². The van der Waals surface area contributed by atoms with Gasteiger partial charge in [-0.2, -0.15) is 0 Å². The van der Waals surface area contributed by atoms with E-state index < -0.39 is 0 Å². The Morgan fingerprint density at radius 2 is 2.04 bits per heavy atom. The molecule has 2 aromatic rings. The van der Waals surface area contributed by atoms with E-state index in [4.69, 9.17) is 9.47 Å². The maximum Gasteiger partial charge on any atom is 0.231 e. The van der Waals surface area contributed by atoms with Crippen molar-refractivity contribution in [3.8, 4) is 11.5 Å². The number of aryl methyl sites for hydroxylation is 1. The van der Waals surface area contributed by atoms with Crippen molar-refractivity contribution in [3.05, 3.63) is 47.8 Å². The summed E-state index contributed by atoms with van der Waals surface area (Å²) in [5.74, 6) is 2.49. The molecule has 1 aliphatic heterocycles. The van der Waals surface area contributed by atoms with Gasteiger partial charge in [0.2, 0.25) is 6.79 Å². The lowest BCUT2D eigenvalue weighted by Crippen LogP contribution is -2.38. The van der Waals surface area contributed by atoms with Crippen molar-refractivity contribution in [1.82, 2.24) is 15.2 Å². The quantitative estimate of drug-likeness (QED) is 0.629. The van der Waals surface area contributed by atoms with Gasteiger partial charge in [-0.25, -0.2) is 4.99 Å². The van der Waals surface area contributed by atoms with E-state index in [-0.39, 0.29) is 0 Å². The number of nitrogens with zero attached hydrogens (tertiary/aromatic N) is 2. The molecule has 0 spiro atoms. The summed E-state index contributed by atoms with van der Waals surface area (Å²) in [4.78, 5) is 4.62. The number of ether oxygens (including phenoxy) is 2. The third-order valence-corrected chi connectivity index (χ3v) is 3.80. The Bertz CT molecular complexity index is 709. The van der Waals surface area contributed by atoms with Gasteiger partial charge >= 0.3 is 0 Å². The summed E-state index contributed by atoms with van der Waals surface area (Å²) in [6.07, 6.45) is 5.01. The first-order chi connectivity index (χ1) is 11.7. The van der Waals surface area contributed by atoms with Crippen molar-refractivity contribution in [2.45, 2.75) is 19.9 Å². The van der Waals surface area contributed by atoms with Crippen molar-refractivity contribution >= 4 is 5.96 Å². The molecule has 6 nitrogen and oxygen atoms in total. The zero-order valence-electron chi connectivity index (χ0n) is 14.2. The summed E-state index contributed by atoms with van der Waals surface area (Å²) in [5.41, 5.74) is 2.41. The highest BCUT2D eigenvalue weighted by Crippen LogP contribution is 2.32. The standard InChI is InChI=1S/C18H24N4O2/c1-3-19-18(21-11-15-7-9-22(2)12-15)20-8-6-14-4-5-16-17(10-14)24-13-23-16/h4-5,7,9-10,12H,3,6,8,11,13H2,1-2H3,(H2,19,20,21). The van der Waals surface area contributed by atoms with Crippen LogP contribution in [-0.2, 0) is 20.0 Å². The Hall–Kier alpha value is -2.63. The van der Waals surface area contributed by atoms with Crippen LogP contribution < -0.4 is 20.1 Å². The van der Waals surface area contributed by atoms with E-state index in [0.29, 0.717) is 13.3 Å². The van der Waals surface area contributed by atoms with Gasteiger partial charge in [-0.15, -0.1) is 0 Å². The number of aromatic nitrogens is 1. The zero-order chi connectivity index (χ0) is 16.8. The molecule has 0 unspecified atom stereocenters. The molecular formula is C18H24N4O2. The van der Waals surface area contributed by atoms with Gasteiger partial charge in [-0.3, -0.25) is 0 Å². The van der Waals surface area contributed by atoms with E-state index in [1.165, 1.54) is 11.1 Å². The summed E-state index contributed by atoms with van der Waals surface area (Å²) in [5, 5.41) is 6.65. The van der Waals surface area contributed by atoms with Gasteiger partial charge in [0.05, 0.1) is 6.54 Å². The van der Waals surface area contributed by atoms with Crippen LogP contribution in [0.1, 0.15) is 18.1 Å². The average molecular weight is 328 g/mol. The number of nitrogens with one attached hydrogen (secondary N) is 2. The summed E-state index contributed by atoms with van der Waals surface area (Å²) in [6.45, 7) is 4.69. The fraction of sp³-hybridized carbons (Fsp3) is 0.389. The highest BCUT2D eigenvalue weighted by Gasteiger charge is 2.12. The molecule has 3 rings (SSSR count). The minimum absolute atomic E-state index is 0.313. The minimum Gasteiger partial charge on any atom is -0.454 e. The molecule has 0 aliphatic carbocycles. The van der Waals surface area contributed by atoms with Crippen LogP contribution in [0.5, 0.6) is 11.5 Å². The molecular weight excluding hydrogens is 304 g/mol. The molecule has 0 fully saturated rings. The van der Waals surface area contributed by atoms with E-state index in [1.807, 2.05) is 29.9 Å². The first kappa shape index (κ1) is 16.2. The van der Waals surface area contributed by atoms with Crippen LogP contribution >= 0.6 is 0 Å². The number of hydrogen-bond donors (Lipinski definition) is 2. The molecule has 0 radical (unpaired) electrons. The molecule has 1 aromatic heterocycles. The molecule has 1 aromatic carbocycles. The van der Waals surface area contributed by atoms with Gasteiger partial charge < -0.3 is 24.7 Å². The van der Waals surface area contributed by atoms with Gasteiger partial charge in [0, 0.05) is 32.5 Å². The topological polar surface area (TPSA) is 59.8 Å². The molecule has 2 heterocycles. The maximum absolute atomic E-state index is 5.41. The SMILES string of the molecule is CCNC(=NCc1ccn(C)c1)NCCc1ccc2c(c1)OCO2. The summed E-state index contributed by atoms with van der Waals surface area (Å²) >= 11 is 0. The largest absolute Gasteiger partial charge is 0.454 e. The number of guanidine groups is 1. The van der Waals surface area contributed by atoms with Gasteiger partial charge in [0.25, 0.3) is 0 Å². The third kappa shape index (κ3) is 4.22. The van der Waals surface area contributed by atoms with Gasteiger partial charge in [-0.1, -0.05) is 6.07 Å². The van der Waals surface area contributed by atoms with E-state index in [2.05, 4.69) is 40.9 Å². The van der Waals surface area contributed by atoms with E-state index in [1.54, 1.807) is 0 Å². The van der Waals surface area contributed by atoms with E-state index in [9.17, 15) is 0 Å². The van der Waals surface area contributed by atoms with Crippen molar-refractivity contribution in [3.63, 3.8) is 0 Å². The number of fused-ring (bicyclic) bond motifs is 1. The molecule has 0 atom stereocenters. The first-order valence-electron chi connectivity index (χ1n) is 8.26. The Balaban J connectivity index is 1.52. The molecule has 0 saturated carbocycles. The average Bonchev–Trinajstić information content (AvgIpc) is 3.20. The molecule has 0 bridgehead atoms. The second-order valence-corrected chi connectivity index (χ2v) is 5.74. The molecule has 6 heteroatoms. The Kier molecular flexibility index (Phi) is 5.25. The van der Waals surface area contributed by atoms with Crippen molar-refractivity contribution in [2.24, 2.45) is 12.0 Å². The molecule has 0 amide bonds.